The van der Waals surface area contributed by atoms with Crippen molar-refractivity contribution in [1.82, 2.24) is 5.32 Å². The van der Waals surface area contributed by atoms with Gasteiger partial charge in [0.15, 0.2) is 0 Å². The predicted octanol–water partition coefficient (Wildman–Crippen LogP) is -1.47. The first-order valence-corrected chi connectivity index (χ1v) is 2.43. The van der Waals surface area contributed by atoms with E-state index in [9.17, 15) is 0 Å². The number of nitrogens with one attached hydrogen (secondary N) is 1. The van der Waals surface area contributed by atoms with Gasteiger partial charge in [-0.3, -0.25) is 0 Å². The molecule has 1 fully saturated rings. The van der Waals surface area contributed by atoms with Gasteiger partial charge in [-0.1, -0.05) is 0 Å². The van der Waals surface area contributed by atoms with Crippen LogP contribution in [0.1, 0.15) is 0 Å². The van der Waals surface area contributed by atoms with Gasteiger partial charge in [0.2, 0.25) is 0 Å². The fourth-order valence-corrected chi connectivity index (χ4v) is 0. The first-order chi connectivity index (χ1) is 3.41. The van der Waals surface area contributed by atoms with Crippen LogP contribution in [0.25, 0.3) is 0 Å². The van der Waals surface area contributed by atoms with Gasteiger partial charge in [0.05, 0.1) is 6.61 Å². The Morgan fingerprint density at radius 1 is 1.57 bits per heavy atom. The van der Waals surface area contributed by atoms with E-state index >= 15 is 0 Å². The summed E-state index contributed by atoms with van der Waals surface area (Å²) in [5, 5.41) is 10.8. The van der Waals surface area contributed by atoms with E-state index in [2.05, 4.69) is 5.32 Å². The molecule has 0 saturated carbocycles. The topological polar surface area (TPSA) is 68.2 Å². The Labute approximate surface area is 43.5 Å². The molecule has 0 radical (unpaired) electrons. The van der Waals surface area contributed by atoms with Crippen LogP contribution in [0.15, 0.2) is 0 Å². The first-order valence-electron chi connectivity index (χ1n) is 2.43. The lowest BCUT2D eigenvalue weighted by molar-refractivity contribution is 0.306. The Hall–Kier alpha value is -0.120. The summed E-state index contributed by atoms with van der Waals surface area (Å²) in [6.45, 7) is 2.97. The summed E-state index contributed by atoms with van der Waals surface area (Å²) >= 11 is 0. The lowest BCUT2D eigenvalue weighted by Crippen LogP contribution is -2.02. The number of rotatable bonds is 1. The molecule has 44 valence electrons. The molecule has 1 rings (SSSR count). The predicted molar refractivity (Wildman–Crippen MR) is 29.0 cm³/mol. The number of aliphatic hydroxyl groups is 1. The van der Waals surface area contributed by atoms with E-state index in [1.165, 1.54) is 13.1 Å². The first kappa shape index (κ1) is 6.88. The normalized spacial score (nSPS) is 14.6. The molecule has 1 heterocycles. The maximum absolute atomic E-state index is 7.75. The smallest absolute Gasteiger partial charge is 0.0553 e. The van der Waals surface area contributed by atoms with E-state index in [1.54, 1.807) is 0 Å². The van der Waals surface area contributed by atoms with Gasteiger partial charge in [-0.05, 0) is 0 Å². The van der Waals surface area contributed by atoms with E-state index in [-0.39, 0.29) is 6.61 Å². The summed E-state index contributed by atoms with van der Waals surface area (Å²) in [5.41, 5.74) is 4.78. The molecule has 0 aromatic carbocycles. The zero-order valence-corrected chi connectivity index (χ0v) is 4.35. The van der Waals surface area contributed by atoms with Crippen molar-refractivity contribution in [3.8, 4) is 0 Å². The van der Waals surface area contributed by atoms with Crippen LogP contribution < -0.4 is 11.1 Å². The summed E-state index contributed by atoms with van der Waals surface area (Å²) in [7, 11) is 0. The molecule has 7 heavy (non-hydrogen) atoms. The fourth-order valence-electron chi connectivity index (χ4n) is 0. The lowest BCUT2D eigenvalue weighted by atomic mass is 10.8. The van der Waals surface area contributed by atoms with Gasteiger partial charge >= 0.3 is 0 Å². The molecule has 0 aromatic rings. The largest absolute Gasteiger partial charge is 0.395 e. The average molecular weight is 104 g/mol. The van der Waals surface area contributed by atoms with Crippen LogP contribution in [0, 0.1) is 0 Å². The van der Waals surface area contributed by atoms with Gasteiger partial charge in [-0.2, -0.15) is 0 Å². The molecule has 1 aliphatic rings. The highest BCUT2D eigenvalue weighted by Gasteiger charge is 1.91. The van der Waals surface area contributed by atoms with E-state index in [4.69, 9.17) is 10.8 Å². The second kappa shape index (κ2) is 5.88. The van der Waals surface area contributed by atoms with Crippen LogP contribution in [-0.2, 0) is 0 Å². The van der Waals surface area contributed by atoms with Crippen LogP contribution in [0.4, 0.5) is 0 Å². The minimum Gasteiger partial charge on any atom is -0.395 e. The Bertz CT molecular complexity index is 26.1. The third kappa shape index (κ3) is 25.0. The Morgan fingerprint density at radius 3 is 1.86 bits per heavy atom. The summed E-state index contributed by atoms with van der Waals surface area (Å²) in [6.07, 6.45) is 0. The van der Waals surface area contributed by atoms with Crippen LogP contribution in [0.5, 0.6) is 0 Å². The monoisotopic (exact) mass is 104 g/mol. The maximum Gasteiger partial charge on any atom is 0.0553 e. The van der Waals surface area contributed by atoms with Crippen LogP contribution in [0.2, 0.25) is 0 Å². The number of aliphatic hydroxyl groups excluding tert-OH is 1. The Morgan fingerprint density at radius 2 is 1.86 bits per heavy atom. The lowest BCUT2D eigenvalue weighted by Gasteiger charge is -1.71. The summed E-state index contributed by atoms with van der Waals surface area (Å²) in [5.74, 6) is 0. The molecule has 0 atom stereocenters. The van der Waals surface area contributed by atoms with Gasteiger partial charge in [-0.15, -0.1) is 0 Å². The molecule has 3 heteroatoms. The molecule has 0 unspecified atom stereocenters. The zero-order valence-electron chi connectivity index (χ0n) is 4.35. The molecular formula is C4H12N2O. The number of hydrogen-bond acceptors (Lipinski definition) is 3. The highest BCUT2D eigenvalue weighted by Crippen LogP contribution is 1.65. The van der Waals surface area contributed by atoms with Crippen molar-refractivity contribution in [2.75, 3.05) is 26.2 Å². The van der Waals surface area contributed by atoms with Crippen molar-refractivity contribution in [1.29, 1.82) is 0 Å². The van der Waals surface area contributed by atoms with Crippen LogP contribution in [-0.4, -0.2) is 31.3 Å². The molecule has 0 aromatic heterocycles. The summed E-state index contributed by atoms with van der Waals surface area (Å²) in [6, 6.07) is 0. The standard InChI is InChI=1S/C2H7NO.C2H5N/c3-1-2-4;1-2-3-1/h4H,1-3H2;3H,1-2H2. The fraction of sp³-hybridized carbons (Fsp3) is 1.00. The van der Waals surface area contributed by atoms with E-state index in [1.807, 2.05) is 0 Å². The van der Waals surface area contributed by atoms with Gasteiger partial charge < -0.3 is 16.2 Å². The molecule has 0 amide bonds. The third-order valence-electron chi connectivity index (χ3n) is 0.379. The van der Waals surface area contributed by atoms with Crippen molar-refractivity contribution in [2.45, 2.75) is 0 Å². The molecule has 0 spiro atoms. The second-order valence-corrected chi connectivity index (χ2v) is 1.26. The molecule has 0 bridgehead atoms. The van der Waals surface area contributed by atoms with Gasteiger partial charge in [0.1, 0.15) is 0 Å². The highest BCUT2D eigenvalue weighted by molar-refractivity contribution is 4.58. The number of nitrogens with two attached hydrogens (primary N) is 1. The highest BCUT2D eigenvalue weighted by atomic mass is 16.3. The van der Waals surface area contributed by atoms with Crippen LogP contribution >= 0.6 is 0 Å². The minimum absolute atomic E-state index is 0.0972. The zero-order chi connectivity index (χ0) is 5.54. The maximum atomic E-state index is 7.75. The quantitative estimate of drug-likeness (QED) is 0.356. The van der Waals surface area contributed by atoms with Gasteiger partial charge in [0.25, 0.3) is 0 Å². The summed E-state index contributed by atoms with van der Waals surface area (Å²) in [4.78, 5) is 0. The van der Waals surface area contributed by atoms with Crippen molar-refractivity contribution in [3.63, 3.8) is 0 Å². The van der Waals surface area contributed by atoms with Crippen molar-refractivity contribution < 1.29 is 5.11 Å². The van der Waals surface area contributed by atoms with E-state index in [0.29, 0.717) is 6.54 Å². The van der Waals surface area contributed by atoms with Crippen molar-refractivity contribution in [2.24, 2.45) is 5.73 Å². The molecule has 3 nitrogen and oxygen atoms in total. The van der Waals surface area contributed by atoms with Gasteiger partial charge in [-0.25, -0.2) is 0 Å². The van der Waals surface area contributed by atoms with Crippen molar-refractivity contribution >= 4 is 0 Å². The average Bonchev–Trinajstić information content (AvgIpc) is 2.47. The van der Waals surface area contributed by atoms with Gasteiger partial charge in [0, 0.05) is 19.6 Å². The Kier molecular flexibility index (Phi) is 5.78. The van der Waals surface area contributed by atoms with Crippen molar-refractivity contribution in [3.05, 3.63) is 0 Å². The number of hydrogen-bond donors (Lipinski definition) is 3. The van der Waals surface area contributed by atoms with E-state index < -0.39 is 0 Å². The molecule has 4 N–H and O–H groups in total. The molecule has 1 aliphatic heterocycles. The van der Waals surface area contributed by atoms with Crippen LogP contribution in [0.3, 0.4) is 0 Å². The molecular weight excluding hydrogens is 92.1 g/mol. The third-order valence-corrected chi connectivity index (χ3v) is 0.379. The SMILES string of the molecule is C1CN1.NCCO. The minimum atomic E-state index is 0.0972. The molecule has 1 saturated heterocycles. The van der Waals surface area contributed by atoms with E-state index in [0.717, 1.165) is 0 Å². The molecule has 0 aliphatic carbocycles. The second-order valence-electron chi connectivity index (χ2n) is 1.26. The summed E-state index contributed by atoms with van der Waals surface area (Å²) < 4.78 is 0. The Balaban J connectivity index is 0.000000105.